The van der Waals surface area contributed by atoms with E-state index in [1.165, 1.54) is 12.8 Å². The van der Waals surface area contributed by atoms with Crippen molar-refractivity contribution in [2.45, 2.75) is 70.9 Å². The molecule has 2 amide bonds. The lowest BCUT2D eigenvalue weighted by Gasteiger charge is -2.24. The Morgan fingerprint density at radius 3 is 2.58 bits per heavy atom. The summed E-state index contributed by atoms with van der Waals surface area (Å²) in [5.74, 6) is -0.852. The number of carbonyl (C=O) groups is 2. The van der Waals surface area contributed by atoms with Crippen molar-refractivity contribution < 1.29 is 14.7 Å². The Morgan fingerprint density at radius 1 is 1.37 bits per heavy atom. The number of urea groups is 1. The summed E-state index contributed by atoms with van der Waals surface area (Å²) in [6.45, 7) is 4.48. The minimum atomic E-state index is -0.852. The van der Waals surface area contributed by atoms with Crippen LogP contribution in [-0.4, -0.2) is 40.6 Å². The highest BCUT2D eigenvalue weighted by Crippen LogP contribution is 2.27. The molecule has 1 aliphatic carbocycles. The fourth-order valence-corrected chi connectivity index (χ4v) is 2.12. The van der Waals surface area contributed by atoms with E-state index in [2.05, 4.69) is 12.2 Å². The highest BCUT2D eigenvalue weighted by molar-refractivity contribution is 5.76. The normalized spacial score (nSPS) is 15.9. The minimum absolute atomic E-state index is 0.0220. The molecule has 0 aromatic rings. The van der Waals surface area contributed by atoms with E-state index in [0.717, 1.165) is 25.7 Å². The van der Waals surface area contributed by atoms with Crippen molar-refractivity contribution in [3.63, 3.8) is 0 Å². The molecule has 5 heteroatoms. The lowest BCUT2D eigenvalue weighted by Crippen LogP contribution is -2.45. The van der Waals surface area contributed by atoms with Crippen LogP contribution in [0.5, 0.6) is 0 Å². The number of unbranched alkanes of at least 4 members (excludes halogenated alkanes) is 2. The molecule has 1 fully saturated rings. The zero-order chi connectivity index (χ0) is 14.3. The maximum Gasteiger partial charge on any atom is 0.317 e. The van der Waals surface area contributed by atoms with Crippen molar-refractivity contribution in [3.8, 4) is 0 Å². The summed E-state index contributed by atoms with van der Waals surface area (Å²) in [4.78, 5) is 24.4. The molecule has 1 unspecified atom stereocenters. The van der Waals surface area contributed by atoms with Gasteiger partial charge < -0.3 is 15.3 Å². The van der Waals surface area contributed by atoms with E-state index in [0.29, 0.717) is 6.54 Å². The maximum atomic E-state index is 12.1. The second kappa shape index (κ2) is 8.02. The Morgan fingerprint density at radius 2 is 2.05 bits per heavy atom. The predicted molar refractivity (Wildman–Crippen MR) is 74.1 cm³/mol. The molecule has 0 spiro atoms. The zero-order valence-corrected chi connectivity index (χ0v) is 12.0. The minimum Gasteiger partial charge on any atom is -0.481 e. The van der Waals surface area contributed by atoms with Crippen LogP contribution < -0.4 is 5.32 Å². The van der Waals surface area contributed by atoms with E-state index in [-0.39, 0.29) is 24.5 Å². The number of nitrogens with one attached hydrogen (secondary N) is 1. The van der Waals surface area contributed by atoms with Crippen LogP contribution in [0.1, 0.15) is 58.8 Å². The zero-order valence-electron chi connectivity index (χ0n) is 12.0. The lowest BCUT2D eigenvalue weighted by atomic mass is 10.1. The van der Waals surface area contributed by atoms with Crippen LogP contribution in [0.25, 0.3) is 0 Å². The average molecular weight is 270 g/mol. The quantitative estimate of drug-likeness (QED) is 0.633. The number of carboxylic acid groups (broad SMARTS) is 1. The number of rotatable bonds is 9. The second-order valence-electron chi connectivity index (χ2n) is 5.41. The molecule has 0 radical (unpaired) electrons. The number of carboxylic acids is 1. The van der Waals surface area contributed by atoms with Crippen molar-refractivity contribution in [3.05, 3.63) is 0 Å². The Bertz CT molecular complexity index is 303. The SMILES string of the molecule is CCCCCC(C)NC(=O)N(CCC(=O)O)C1CC1. The van der Waals surface area contributed by atoms with Crippen LogP contribution in [0.2, 0.25) is 0 Å². The molecule has 0 aromatic heterocycles. The van der Waals surface area contributed by atoms with Gasteiger partial charge >= 0.3 is 12.0 Å². The molecule has 1 aliphatic rings. The monoisotopic (exact) mass is 270 g/mol. The number of amides is 2. The molecular weight excluding hydrogens is 244 g/mol. The number of hydrogen-bond donors (Lipinski definition) is 2. The first kappa shape index (κ1) is 15.8. The third-order valence-corrected chi connectivity index (χ3v) is 3.43. The van der Waals surface area contributed by atoms with E-state index in [4.69, 9.17) is 5.11 Å². The summed E-state index contributed by atoms with van der Waals surface area (Å²) in [6, 6.07) is 0.306. The summed E-state index contributed by atoms with van der Waals surface area (Å²) < 4.78 is 0. The number of carbonyl (C=O) groups excluding carboxylic acids is 1. The second-order valence-corrected chi connectivity index (χ2v) is 5.41. The Kier molecular flexibility index (Phi) is 6.67. The molecule has 19 heavy (non-hydrogen) atoms. The summed E-state index contributed by atoms with van der Waals surface area (Å²) >= 11 is 0. The van der Waals surface area contributed by atoms with Gasteiger partial charge in [-0.3, -0.25) is 4.79 Å². The van der Waals surface area contributed by atoms with Crippen molar-refractivity contribution in [2.75, 3.05) is 6.54 Å². The molecule has 0 aromatic carbocycles. The van der Waals surface area contributed by atoms with Crippen LogP contribution in [0.4, 0.5) is 4.79 Å². The fraction of sp³-hybridized carbons (Fsp3) is 0.857. The van der Waals surface area contributed by atoms with Gasteiger partial charge in [-0.2, -0.15) is 0 Å². The third-order valence-electron chi connectivity index (χ3n) is 3.43. The molecule has 1 saturated carbocycles. The van der Waals surface area contributed by atoms with Gasteiger partial charge in [0.2, 0.25) is 0 Å². The van der Waals surface area contributed by atoms with Gasteiger partial charge in [-0.25, -0.2) is 4.79 Å². The van der Waals surface area contributed by atoms with Gasteiger partial charge in [0.15, 0.2) is 0 Å². The topological polar surface area (TPSA) is 69.6 Å². The fourth-order valence-electron chi connectivity index (χ4n) is 2.12. The van der Waals surface area contributed by atoms with Gasteiger partial charge in [0.05, 0.1) is 6.42 Å². The number of nitrogens with zero attached hydrogens (tertiary/aromatic N) is 1. The van der Waals surface area contributed by atoms with Crippen molar-refractivity contribution in [1.82, 2.24) is 10.2 Å². The van der Waals surface area contributed by atoms with Gasteiger partial charge in [-0.15, -0.1) is 0 Å². The molecule has 0 bridgehead atoms. The molecule has 2 N–H and O–H groups in total. The van der Waals surface area contributed by atoms with Gasteiger partial charge in [0, 0.05) is 18.6 Å². The molecule has 1 rings (SSSR count). The maximum absolute atomic E-state index is 12.1. The van der Waals surface area contributed by atoms with Crippen LogP contribution in [0.3, 0.4) is 0 Å². The molecule has 110 valence electrons. The van der Waals surface area contributed by atoms with E-state index < -0.39 is 5.97 Å². The molecule has 0 aliphatic heterocycles. The summed E-state index contributed by atoms with van der Waals surface area (Å²) in [5, 5.41) is 11.7. The van der Waals surface area contributed by atoms with Crippen LogP contribution in [-0.2, 0) is 4.79 Å². The number of hydrogen-bond acceptors (Lipinski definition) is 2. The first-order valence-corrected chi connectivity index (χ1v) is 7.33. The van der Waals surface area contributed by atoms with Gasteiger partial charge in [-0.1, -0.05) is 26.2 Å². The van der Waals surface area contributed by atoms with E-state index in [1.54, 1.807) is 4.90 Å². The largest absolute Gasteiger partial charge is 0.481 e. The van der Waals surface area contributed by atoms with Crippen LogP contribution >= 0.6 is 0 Å². The predicted octanol–water partition coefficient (Wildman–Crippen LogP) is 2.60. The van der Waals surface area contributed by atoms with Gasteiger partial charge in [-0.05, 0) is 26.2 Å². The first-order chi connectivity index (χ1) is 9.04. The standard InChI is InChI=1S/C14H26N2O3/c1-3-4-5-6-11(2)15-14(19)16(12-7-8-12)10-9-13(17)18/h11-12H,3-10H2,1-2H3,(H,15,19)(H,17,18). The van der Waals surface area contributed by atoms with Gasteiger partial charge in [0.25, 0.3) is 0 Å². The third kappa shape index (κ3) is 6.45. The number of aliphatic carboxylic acids is 1. The van der Waals surface area contributed by atoms with Crippen molar-refractivity contribution in [2.24, 2.45) is 0 Å². The molecule has 1 atom stereocenters. The van der Waals surface area contributed by atoms with Crippen LogP contribution in [0, 0.1) is 0 Å². The summed E-state index contributed by atoms with van der Waals surface area (Å²) in [7, 11) is 0. The van der Waals surface area contributed by atoms with Crippen LogP contribution in [0.15, 0.2) is 0 Å². The Balaban J connectivity index is 2.32. The van der Waals surface area contributed by atoms with Crippen molar-refractivity contribution in [1.29, 1.82) is 0 Å². The highest BCUT2D eigenvalue weighted by atomic mass is 16.4. The highest BCUT2D eigenvalue weighted by Gasteiger charge is 2.32. The average Bonchev–Trinajstić information content (AvgIpc) is 3.13. The molecule has 0 saturated heterocycles. The smallest absolute Gasteiger partial charge is 0.317 e. The Labute approximate surface area is 115 Å². The summed E-state index contributed by atoms with van der Waals surface area (Å²) in [6.07, 6.45) is 6.48. The molecule has 0 heterocycles. The van der Waals surface area contributed by atoms with E-state index in [9.17, 15) is 9.59 Å². The summed E-state index contributed by atoms with van der Waals surface area (Å²) in [5.41, 5.74) is 0. The lowest BCUT2D eigenvalue weighted by molar-refractivity contribution is -0.137. The Hall–Kier alpha value is -1.26. The van der Waals surface area contributed by atoms with Gasteiger partial charge in [0.1, 0.15) is 0 Å². The van der Waals surface area contributed by atoms with E-state index in [1.807, 2.05) is 6.92 Å². The first-order valence-electron chi connectivity index (χ1n) is 7.33. The molecular formula is C14H26N2O3. The molecule has 5 nitrogen and oxygen atoms in total. The van der Waals surface area contributed by atoms with E-state index >= 15 is 0 Å². The van der Waals surface area contributed by atoms with Crippen molar-refractivity contribution >= 4 is 12.0 Å².